The SMILES string of the molecule is Cc1nn(-c2ccccc2)c(C)c1/C=C/C(=O)Nc1cccc(Oc2ccncc2)c1. The van der Waals surface area contributed by atoms with Gasteiger partial charge in [-0.15, -0.1) is 0 Å². The summed E-state index contributed by atoms with van der Waals surface area (Å²) >= 11 is 0. The Hall–Kier alpha value is -4.19. The first-order valence-electron chi connectivity index (χ1n) is 9.89. The molecule has 6 nitrogen and oxygen atoms in total. The van der Waals surface area contributed by atoms with Crippen LogP contribution in [0.3, 0.4) is 0 Å². The molecule has 0 aliphatic heterocycles. The van der Waals surface area contributed by atoms with Gasteiger partial charge in [0.15, 0.2) is 0 Å². The number of para-hydroxylation sites is 1. The largest absolute Gasteiger partial charge is 0.457 e. The fraction of sp³-hybridized carbons (Fsp3) is 0.0800. The number of rotatable bonds is 6. The van der Waals surface area contributed by atoms with Crippen LogP contribution >= 0.6 is 0 Å². The summed E-state index contributed by atoms with van der Waals surface area (Å²) in [6.07, 6.45) is 6.64. The summed E-state index contributed by atoms with van der Waals surface area (Å²) in [5.41, 5.74) is 4.39. The van der Waals surface area contributed by atoms with Crippen molar-refractivity contribution >= 4 is 17.7 Å². The minimum atomic E-state index is -0.229. The first-order chi connectivity index (χ1) is 15.1. The average molecular weight is 410 g/mol. The van der Waals surface area contributed by atoms with Crippen LogP contribution in [0.15, 0.2) is 85.2 Å². The second-order valence-electron chi connectivity index (χ2n) is 6.97. The summed E-state index contributed by atoms with van der Waals surface area (Å²) in [7, 11) is 0. The topological polar surface area (TPSA) is 69.0 Å². The Kier molecular flexibility index (Phi) is 5.89. The lowest BCUT2D eigenvalue weighted by Gasteiger charge is -2.07. The second kappa shape index (κ2) is 9.09. The molecular formula is C25H22N4O2. The smallest absolute Gasteiger partial charge is 0.248 e. The van der Waals surface area contributed by atoms with Gasteiger partial charge in [0.25, 0.3) is 0 Å². The van der Waals surface area contributed by atoms with Crippen molar-refractivity contribution in [1.29, 1.82) is 0 Å². The van der Waals surface area contributed by atoms with Gasteiger partial charge in [-0.3, -0.25) is 9.78 Å². The van der Waals surface area contributed by atoms with Gasteiger partial charge in [0.05, 0.1) is 11.4 Å². The van der Waals surface area contributed by atoms with E-state index < -0.39 is 0 Å². The number of anilines is 1. The van der Waals surface area contributed by atoms with Crippen molar-refractivity contribution in [2.75, 3.05) is 5.32 Å². The van der Waals surface area contributed by atoms with Crippen molar-refractivity contribution in [1.82, 2.24) is 14.8 Å². The zero-order valence-corrected chi connectivity index (χ0v) is 17.3. The summed E-state index contributed by atoms with van der Waals surface area (Å²) in [5.74, 6) is 1.08. The number of aryl methyl sites for hydroxylation is 1. The van der Waals surface area contributed by atoms with E-state index in [4.69, 9.17) is 4.74 Å². The predicted octanol–water partition coefficient (Wildman–Crippen LogP) is 5.33. The van der Waals surface area contributed by atoms with Crippen LogP contribution in [-0.4, -0.2) is 20.7 Å². The Morgan fingerprint density at radius 2 is 1.74 bits per heavy atom. The van der Waals surface area contributed by atoms with Crippen molar-refractivity contribution < 1.29 is 9.53 Å². The molecule has 6 heteroatoms. The molecule has 2 aromatic heterocycles. The Balaban J connectivity index is 1.46. The maximum absolute atomic E-state index is 12.5. The molecule has 0 atom stereocenters. The third kappa shape index (κ3) is 4.87. The van der Waals surface area contributed by atoms with Crippen molar-refractivity contribution in [3.8, 4) is 17.2 Å². The van der Waals surface area contributed by atoms with Gasteiger partial charge < -0.3 is 10.1 Å². The van der Waals surface area contributed by atoms with Crippen molar-refractivity contribution in [2.45, 2.75) is 13.8 Å². The van der Waals surface area contributed by atoms with Crippen molar-refractivity contribution in [2.24, 2.45) is 0 Å². The lowest BCUT2D eigenvalue weighted by molar-refractivity contribution is -0.111. The number of aromatic nitrogens is 3. The van der Waals surface area contributed by atoms with E-state index in [1.807, 2.05) is 67.1 Å². The van der Waals surface area contributed by atoms with Crippen LogP contribution in [0.5, 0.6) is 11.5 Å². The normalized spacial score (nSPS) is 10.9. The molecule has 0 unspecified atom stereocenters. The minimum Gasteiger partial charge on any atom is -0.457 e. The number of benzene rings is 2. The summed E-state index contributed by atoms with van der Waals surface area (Å²) < 4.78 is 7.67. The molecule has 0 bridgehead atoms. The summed E-state index contributed by atoms with van der Waals surface area (Å²) in [4.78, 5) is 16.5. The highest BCUT2D eigenvalue weighted by Crippen LogP contribution is 2.24. The van der Waals surface area contributed by atoms with Crippen LogP contribution in [0.1, 0.15) is 17.0 Å². The fourth-order valence-electron chi connectivity index (χ4n) is 3.24. The molecule has 0 fully saturated rings. The maximum Gasteiger partial charge on any atom is 0.248 e. The standard InChI is InChI=1S/C25H22N4O2/c1-18-24(19(2)29(28-18)21-8-4-3-5-9-21)11-12-25(30)27-20-7-6-10-23(17-20)31-22-13-15-26-16-14-22/h3-17H,1-2H3,(H,27,30)/b12-11+. The number of amides is 1. The number of pyridine rings is 1. The van der Waals surface area contributed by atoms with Crippen LogP contribution in [0.4, 0.5) is 5.69 Å². The minimum absolute atomic E-state index is 0.229. The third-order valence-electron chi connectivity index (χ3n) is 4.74. The number of ether oxygens (including phenoxy) is 1. The van der Waals surface area contributed by atoms with E-state index >= 15 is 0 Å². The highest BCUT2D eigenvalue weighted by atomic mass is 16.5. The molecule has 154 valence electrons. The molecule has 0 radical (unpaired) electrons. The molecule has 0 aliphatic carbocycles. The second-order valence-corrected chi connectivity index (χ2v) is 6.97. The number of nitrogens with zero attached hydrogens (tertiary/aromatic N) is 3. The number of carbonyl (C=O) groups excluding carboxylic acids is 1. The molecule has 4 rings (SSSR count). The highest BCUT2D eigenvalue weighted by molar-refractivity contribution is 6.02. The fourth-order valence-corrected chi connectivity index (χ4v) is 3.24. The first-order valence-corrected chi connectivity index (χ1v) is 9.89. The number of carbonyl (C=O) groups is 1. The molecule has 0 spiro atoms. The highest BCUT2D eigenvalue weighted by Gasteiger charge is 2.11. The molecule has 2 aromatic carbocycles. The summed E-state index contributed by atoms with van der Waals surface area (Å²) in [6, 6.07) is 20.7. The molecule has 0 saturated carbocycles. The summed E-state index contributed by atoms with van der Waals surface area (Å²) in [5, 5.41) is 7.48. The van der Waals surface area contributed by atoms with Crippen LogP contribution in [0, 0.1) is 13.8 Å². The van der Waals surface area contributed by atoms with Gasteiger partial charge in [-0.1, -0.05) is 24.3 Å². The van der Waals surface area contributed by atoms with Crippen LogP contribution in [0.2, 0.25) is 0 Å². The van der Waals surface area contributed by atoms with Gasteiger partial charge in [0.1, 0.15) is 11.5 Å². The summed E-state index contributed by atoms with van der Waals surface area (Å²) in [6.45, 7) is 3.93. The Bertz CT molecular complexity index is 1220. The lowest BCUT2D eigenvalue weighted by atomic mass is 10.2. The molecule has 0 aliphatic rings. The zero-order chi connectivity index (χ0) is 21.6. The van der Waals surface area contributed by atoms with E-state index in [-0.39, 0.29) is 5.91 Å². The molecule has 2 heterocycles. The van der Waals surface area contributed by atoms with Gasteiger partial charge in [-0.05, 0) is 56.3 Å². The molecule has 0 saturated heterocycles. The first kappa shape index (κ1) is 20.1. The number of hydrogen-bond acceptors (Lipinski definition) is 4. The Morgan fingerprint density at radius 1 is 0.968 bits per heavy atom. The lowest BCUT2D eigenvalue weighted by Crippen LogP contribution is -2.07. The number of hydrogen-bond donors (Lipinski definition) is 1. The molecule has 1 amide bonds. The van der Waals surface area contributed by atoms with Gasteiger partial charge in [0.2, 0.25) is 5.91 Å². The van der Waals surface area contributed by atoms with Crippen LogP contribution < -0.4 is 10.1 Å². The van der Waals surface area contributed by atoms with Crippen molar-refractivity contribution in [3.05, 3.63) is 102 Å². The van der Waals surface area contributed by atoms with Gasteiger partial charge >= 0.3 is 0 Å². The zero-order valence-electron chi connectivity index (χ0n) is 17.3. The monoisotopic (exact) mass is 410 g/mol. The maximum atomic E-state index is 12.5. The van der Waals surface area contributed by atoms with Crippen molar-refractivity contribution in [3.63, 3.8) is 0 Å². The molecule has 31 heavy (non-hydrogen) atoms. The van der Waals surface area contributed by atoms with Gasteiger partial charge in [-0.2, -0.15) is 5.10 Å². The molecular weight excluding hydrogens is 388 g/mol. The van der Waals surface area contributed by atoms with E-state index in [1.54, 1.807) is 36.7 Å². The Morgan fingerprint density at radius 3 is 2.52 bits per heavy atom. The van der Waals surface area contributed by atoms with E-state index in [1.165, 1.54) is 6.08 Å². The van der Waals surface area contributed by atoms with E-state index in [2.05, 4.69) is 15.4 Å². The third-order valence-corrected chi connectivity index (χ3v) is 4.74. The van der Waals surface area contributed by atoms with Crippen LogP contribution in [0.25, 0.3) is 11.8 Å². The number of nitrogens with one attached hydrogen (secondary N) is 1. The quantitative estimate of drug-likeness (QED) is 0.436. The molecule has 4 aromatic rings. The van der Waals surface area contributed by atoms with Gasteiger partial charge in [-0.25, -0.2) is 4.68 Å². The van der Waals surface area contributed by atoms with Gasteiger partial charge in [0, 0.05) is 41.5 Å². The van der Waals surface area contributed by atoms with Crippen LogP contribution in [-0.2, 0) is 4.79 Å². The Labute approximate surface area is 180 Å². The van der Waals surface area contributed by atoms with E-state index in [0.717, 1.165) is 22.6 Å². The molecule has 1 N–H and O–H groups in total. The average Bonchev–Trinajstić information content (AvgIpc) is 3.07. The van der Waals surface area contributed by atoms with E-state index in [9.17, 15) is 4.79 Å². The van der Waals surface area contributed by atoms with E-state index in [0.29, 0.717) is 17.2 Å². The predicted molar refractivity (Wildman–Crippen MR) is 121 cm³/mol.